The van der Waals surface area contributed by atoms with E-state index in [4.69, 9.17) is 9.47 Å². The SMILES string of the molecule is O=C1OC(=O)C2C1CC1C(=O)OC(=O)C3CCCC2C31. The van der Waals surface area contributed by atoms with Crippen LogP contribution in [0.4, 0.5) is 0 Å². The Balaban J connectivity index is 1.77. The monoisotopic (exact) mass is 278 g/mol. The second-order valence-electron chi connectivity index (χ2n) is 6.23. The third kappa shape index (κ3) is 1.39. The molecule has 4 rings (SSSR count). The van der Waals surface area contributed by atoms with E-state index >= 15 is 0 Å². The Morgan fingerprint density at radius 1 is 0.750 bits per heavy atom. The van der Waals surface area contributed by atoms with Crippen molar-refractivity contribution in [2.45, 2.75) is 25.7 Å². The summed E-state index contributed by atoms with van der Waals surface area (Å²) in [6, 6.07) is 0. The molecule has 20 heavy (non-hydrogen) atoms. The van der Waals surface area contributed by atoms with E-state index in [0.717, 1.165) is 12.8 Å². The van der Waals surface area contributed by atoms with Crippen LogP contribution in [0.5, 0.6) is 0 Å². The fraction of sp³-hybridized carbons (Fsp3) is 0.714. The average molecular weight is 278 g/mol. The van der Waals surface area contributed by atoms with Gasteiger partial charge in [0.2, 0.25) is 0 Å². The van der Waals surface area contributed by atoms with Gasteiger partial charge in [0.25, 0.3) is 0 Å². The van der Waals surface area contributed by atoms with E-state index in [0.29, 0.717) is 6.42 Å². The molecule has 2 saturated heterocycles. The van der Waals surface area contributed by atoms with Crippen LogP contribution in [-0.4, -0.2) is 23.9 Å². The minimum Gasteiger partial charge on any atom is -0.393 e. The highest BCUT2D eigenvalue weighted by molar-refractivity contribution is 5.98. The molecule has 6 atom stereocenters. The Kier molecular flexibility index (Phi) is 2.35. The van der Waals surface area contributed by atoms with Gasteiger partial charge in [0.15, 0.2) is 0 Å². The van der Waals surface area contributed by atoms with Crippen LogP contribution >= 0.6 is 0 Å². The highest BCUT2D eigenvalue weighted by atomic mass is 16.6. The van der Waals surface area contributed by atoms with Crippen molar-refractivity contribution in [2.75, 3.05) is 0 Å². The topological polar surface area (TPSA) is 86.7 Å². The molecule has 2 aliphatic carbocycles. The average Bonchev–Trinajstić information content (AvgIpc) is 2.71. The maximum absolute atomic E-state index is 12.0. The fourth-order valence-electron chi connectivity index (χ4n) is 4.73. The van der Waals surface area contributed by atoms with Crippen LogP contribution in [-0.2, 0) is 28.7 Å². The lowest BCUT2D eigenvalue weighted by molar-refractivity contribution is -0.187. The van der Waals surface area contributed by atoms with E-state index in [1.165, 1.54) is 0 Å². The molecule has 0 N–H and O–H groups in total. The summed E-state index contributed by atoms with van der Waals surface area (Å²) in [7, 11) is 0. The molecule has 0 aromatic carbocycles. The summed E-state index contributed by atoms with van der Waals surface area (Å²) in [5.74, 6) is -4.00. The molecule has 0 radical (unpaired) electrons. The summed E-state index contributed by atoms with van der Waals surface area (Å²) in [4.78, 5) is 47.5. The number of cyclic esters (lactones) is 4. The van der Waals surface area contributed by atoms with Gasteiger partial charge >= 0.3 is 23.9 Å². The van der Waals surface area contributed by atoms with Gasteiger partial charge in [0.1, 0.15) is 0 Å². The van der Waals surface area contributed by atoms with Crippen LogP contribution in [0.3, 0.4) is 0 Å². The molecular formula is C14H14O6. The van der Waals surface area contributed by atoms with Gasteiger partial charge in [-0.3, -0.25) is 19.2 Å². The van der Waals surface area contributed by atoms with Gasteiger partial charge in [-0.25, -0.2) is 0 Å². The maximum atomic E-state index is 12.0. The standard InChI is InChI=1S/C14H14O6/c15-11-6-3-1-2-5-9(6)7(12(16)19-11)4-8-10(5)14(18)20-13(8)17/h5-10H,1-4H2. The Morgan fingerprint density at radius 2 is 1.40 bits per heavy atom. The van der Waals surface area contributed by atoms with E-state index in [9.17, 15) is 19.2 Å². The predicted octanol–water partition coefficient (Wildman–Crippen LogP) is 0.438. The number of rotatable bonds is 0. The first-order valence-electron chi connectivity index (χ1n) is 7.09. The van der Waals surface area contributed by atoms with Crippen molar-refractivity contribution >= 4 is 23.9 Å². The highest BCUT2D eigenvalue weighted by Crippen LogP contribution is 2.55. The minimum atomic E-state index is -0.534. The van der Waals surface area contributed by atoms with Gasteiger partial charge in [0.05, 0.1) is 23.7 Å². The van der Waals surface area contributed by atoms with Gasteiger partial charge in [-0.05, 0) is 31.1 Å². The molecule has 0 aromatic rings. The lowest BCUT2D eigenvalue weighted by Gasteiger charge is -2.49. The summed E-state index contributed by atoms with van der Waals surface area (Å²) in [5, 5.41) is 0. The fourth-order valence-corrected chi connectivity index (χ4v) is 4.73. The van der Waals surface area contributed by atoms with Crippen LogP contribution < -0.4 is 0 Å². The Bertz CT molecular complexity index is 538. The van der Waals surface area contributed by atoms with Crippen molar-refractivity contribution < 1.29 is 28.7 Å². The summed E-state index contributed by atoms with van der Waals surface area (Å²) in [5.41, 5.74) is 0. The third-order valence-corrected chi connectivity index (χ3v) is 5.46. The van der Waals surface area contributed by atoms with Crippen LogP contribution in [0.15, 0.2) is 0 Å². The lowest BCUT2D eigenvalue weighted by atomic mass is 9.54. The van der Waals surface area contributed by atoms with Crippen LogP contribution in [0.1, 0.15) is 25.7 Å². The Labute approximate surface area is 114 Å². The van der Waals surface area contributed by atoms with Gasteiger partial charge in [-0.15, -0.1) is 0 Å². The molecule has 0 bridgehead atoms. The summed E-state index contributed by atoms with van der Waals surface area (Å²) in [6.45, 7) is 0. The zero-order chi connectivity index (χ0) is 14.0. The number of fused-ring (bicyclic) bond motifs is 2. The molecule has 6 unspecified atom stereocenters. The Hall–Kier alpha value is -1.72. The van der Waals surface area contributed by atoms with E-state index in [1.807, 2.05) is 0 Å². The molecule has 106 valence electrons. The zero-order valence-electron chi connectivity index (χ0n) is 10.7. The van der Waals surface area contributed by atoms with E-state index in [2.05, 4.69) is 0 Å². The number of carbonyl (C=O) groups excluding carboxylic acids is 4. The first-order valence-corrected chi connectivity index (χ1v) is 7.09. The summed E-state index contributed by atoms with van der Waals surface area (Å²) in [6.07, 6.45) is 2.55. The normalized spacial score (nSPS) is 46.4. The number of hydrogen-bond donors (Lipinski definition) is 0. The van der Waals surface area contributed by atoms with E-state index in [1.54, 1.807) is 0 Å². The molecule has 0 amide bonds. The molecular weight excluding hydrogens is 264 g/mol. The first-order chi connectivity index (χ1) is 9.58. The van der Waals surface area contributed by atoms with Crippen LogP contribution in [0.2, 0.25) is 0 Å². The van der Waals surface area contributed by atoms with Gasteiger partial charge in [0, 0.05) is 0 Å². The Morgan fingerprint density at radius 3 is 2.20 bits per heavy atom. The molecule has 6 nitrogen and oxygen atoms in total. The molecule has 2 saturated carbocycles. The largest absolute Gasteiger partial charge is 0.393 e. The van der Waals surface area contributed by atoms with Crippen molar-refractivity contribution in [3.8, 4) is 0 Å². The number of carbonyl (C=O) groups is 4. The van der Waals surface area contributed by atoms with Gasteiger partial charge in [-0.2, -0.15) is 0 Å². The van der Waals surface area contributed by atoms with Crippen LogP contribution in [0.25, 0.3) is 0 Å². The summed E-state index contributed by atoms with van der Waals surface area (Å²) < 4.78 is 9.59. The smallest absolute Gasteiger partial charge is 0.317 e. The molecule has 2 heterocycles. The van der Waals surface area contributed by atoms with Gasteiger partial charge in [-0.1, -0.05) is 6.42 Å². The van der Waals surface area contributed by atoms with Crippen molar-refractivity contribution in [3.63, 3.8) is 0 Å². The molecule has 6 heteroatoms. The maximum Gasteiger partial charge on any atom is 0.317 e. The zero-order valence-corrected chi connectivity index (χ0v) is 10.7. The quantitative estimate of drug-likeness (QED) is 0.472. The minimum absolute atomic E-state index is 0.103. The third-order valence-electron chi connectivity index (χ3n) is 5.46. The molecule has 2 aliphatic heterocycles. The molecule has 4 aliphatic rings. The van der Waals surface area contributed by atoms with Gasteiger partial charge < -0.3 is 9.47 Å². The van der Waals surface area contributed by atoms with Crippen molar-refractivity contribution in [1.29, 1.82) is 0 Å². The predicted molar refractivity (Wildman–Crippen MR) is 61.6 cm³/mol. The first kappa shape index (κ1) is 12.1. The number of ether oxygens (including phenoxy) is 2. The van der Waals surface area contributed by atoms with Crippen molar-refractivity contribution in [2.24, 2.45) is 35.5 Å². The number of hydrogen-bond acceptors (Lipinski definition) is 6. The van der Waals surface area contributed by atoms with E-state index < -0.39 is 41.6 Å². The van der Waals surface area contributed by atoms with Crippen molar-refractivity contribution in [3.05, 3.63) is 0 Å². The second-order valence-corrected chi connectivity index (χ2v) is 6.23. The highest BCUT2D eigenvalue weighted by Gasteiger charge is 2.62. The van der Waals surface area contributed by atoms with Crippen LogP contribution in [0, 0.1) is 35.5 Å². The van der Waals surface area contributed by atoms with E-state index in [-0.39, 0.29) is 24.2 Å². The summed E-state index contributed by atoms with van der Waals surface area (Å²) >= 11 is 0. The lowest BCUT2D eigenvalue weighted by Crippen LogP contribution is -2.54. The molecule has 0 spiro atoms. The molecule has 0 aromatic heterocycles. The molecule has 4 fully saturated rings. The second kappa shape index (κ2) is 3.90. The van der Waals surface area contributed by atoms with Crippen molar-refractivity contribution in [1.82, 2.24) is 0 Å². The number of esters is 4.